The molecule has 30 heavy (non-hydrogen) atoms. The van der Waals surface area contributed by atoms with E-state index < -0.39 is 12.1 Å². The van der Waals surface area contributed by atoms with Gasteiger partial charge in [-0.3, -0.25) is 20.2 Å². The maximum absolute atomic E-state index is 11.1. The van der Waals surface area contributed by atoms with Crippen molar-refractivity contribution in [3.8, 4) is 0 Å². The van der Waals surface area contributed by atoms with Crippen LogP contribution in [0.25, 0.3) is 0 Å². The van der Waals surface area contributed by atoms with E-state index in [1.54, 1.807) is 24.3 Å². The Balaban J connectivity index is 1.72. The van der Waals surface area contributed by atoms with E-state index in [9.17, 15) is 20.2 Å². The summed E-state index contributed by atoms with van der Waals surface area (Å²) in [5.41, 5.74) is 3.10. The molecule has 0 fully saturated rings. The number of nitrogens with one attached hydrogen (secondary N) is 2. The van der Waals surface area contributed by atoms with Crippen LogP contribution in [-0.4, -0.2) is 22.9 Å². The monoisotopic (exact) mass is 406 g/mol. The number of hydrogen-bond donors (Lipinski definition) is 2. The van der Waals surface area contributed by atoms with Gasteiger partial charge in [-0.15, -0.1) is 0 Å². The average molecular weight is 406 g/mol. The van der Waals surface area contributed by atoms with E-state index in [-0.39, 0.29) is 22.9 Å². The highest BCUT2D eigenvalue weighted by Crippen LogP contribution is 2.24. The van der Waals surface area contributed by atoms with Crippen LogP contribution in [0.4, 0.5) is 11.4 Å². The minimum atomic E-state index is -0.466. The minimum Gasteiger partial charge on any atom is -0.372 e. The van der Waals surface area contributed by atoms with Crippen molar-refractivity contribution < 1.29 is 9.85 Å². The summed E-state index contributed by atoms with van der Waals surface area (Å²) in [4.78, 5) is 21.5. The molecular formula is C22H22N4O4. The molecule has 0 saturated carbocycles. The number of anilines is 2. The lowest BCUT2D eigenvalue weighted by Gasteiger charge is -2.19. The third-order valence-electron chi connectivity index (χ3n) is 4.63. The summed E-state index contributed by atoms with van der Waals surface area (Å²) in [6.07, 6.45) is 0. The Morgan fingerprint density at radius 2 is 0.933 bits per heavy atom. The molecule has 154 valence electrons. The van der Waals surface area contributed by atoms with E-state index in [0.29, 0.717) is 0 Å². The first-order valence-electron chi connectivity index (χ1n) is 9.48. The Morgan fingerprint density at radius 1 is 0.600 bits per heavy atom. The van der Waals surface area contributed by atoms with Gasteiger partial charge in [0.2, 0.25) is 13.1 Å². The predicted molar refractivity (Wildman–Crippen MR) is 116 cm³/mol. The molecule has 0 saturated heterocycles. The highest BCUT2D eigenvalue weighted by atomic mass is 16.6. The maximum Gasteiger partial charge on any atom is 0.227 e. The van der Waals surface area contributed by atoms with Crippen LogP contribution in [0.3, 0.4) is 0 Å². The van der Waals surface area contributed by atoms with Gasteiger partial charge in [-0.1, -0.05) is 60.7 Å². The van der Waals surface area contributed by atoms with Crippen LogP contribution in [0, 0.1) is 20.2 Å². The summed E-state index contributed by atoms with van der Waals surface area (Å²) in [7, 11) is 0. The van der Waals surface area contributed by atoms with Crippen LogP contribution in [0.1, 0.15) is 23.2 Å². The topological polar surface area (TPSA) is 110 Å². The van der Waals surface area contributed by atoms with Crippen LogP contribution in [0.2, 0.25) is 0 Å². The summed E-state index contributed by atoms with van der Waals surface area (Å²) in [5, 5.41) is 28.5. The van der Waals surface area contributed by atoms with E-state index in [0.717, 1.165) is 22.5 Å². The third-order valence-corrected chi connectivity index (χ3v) is 4.63. The zero-order chi connectivity index (χ0) is 21.3. The summed E-state index contributed by atoms with van der Waals surface area (Å²) in [5.74, 6) is 0. The quantitative estimate of drug-likeness (QED) is 0.378. The van der Waals surface area contributed by atoms with Crippen molar-refractivity contribution in [1.82, 2.24) is 0 Å². The van der Waals surface area contributed by atoms with Gasteiger partial charge in [0.25, 0.3) is 0 Å². The highest BCUT2D eigenvalue weighted by molar-refractivity contribution is 5.55. The van der Waals surface area contributed by atoms with Gasteiger partial charge in [0.05, 0.1) is 0 Å². The van der Waals surface area contributed by atoms with Crippen LogP contribution in [-0.2, 0) is 0 Å². The van der Waals surface area contributed by atoms with E-state index in [4.69, 9.17) is 0 Å². The van der Waals surface area contributed by atoms with Crippen molar-refractivity contribution >= 4 is 11.4 Å². The standard InChI is InChI=1S/C22H22N4O4/c27-25(28)15-21(17-7-3-1-4-8-17)23-19-11-13-20(14-12-19)24-22(16-26(29)30)18-9-5-2-6-10-18/h1-14,21-24H,15-16H2. The summed E-state index contributed by atoms with van der Waals surface area (Å²) < 4.78 is 0. The normalized spacial score (nSPS) is 12.5. The maximum atomic E-state index is 11.1. The Morgan fingerprint density at radius 3 is 1.23 bits per heavy atom. The van der Waals surface area contributed by atoms with E-state index in [1.165, 1.54) is 0 Å². The number of nitrogens with zero attached hydrogens (tertiary/aromatic N) is 2. The second-order valence-corrected chi connectivity index (χ2v) is 6.82. The zero-order valence-electron chi connectivity index (χ0n) is 16.2. The fourth-order valence-corrected chi connectivity index (χ4v) is 3.20. The van der Waals surface area contributed by atoms with Gasteiger partial charge in [-0.25, -0.2) is 0 Å². The molecule has 0 bridgehead atoms. The first-order valence-corrected chi connectivity index (χ1v) is 9.48. The Labute approximate surface area is 173 Å². The molecule has 0 aliphatic heterocycles. The Hall–Kier alpha value is -3.94. The predicted octanol–water partition coefficient (Wildman–Crippen LogP) is 4.55. The van der Waals surface area contributed by atoms with Gasteiger partial charge in [0.15, 0.2) is 0 Å². The van der Waals surface area contributed by atoms with Crippen molar-refractivity contribution in [2.75, 3.05) is 23.7 Å². The second-order valence-electron chi connectivity index (χ2n) is 6.82. The Kier molecular flexibility index (Phi) is 6.94. The summed E-state index contributed by atoms with van der Waals surface area (Å²) >= 11 is 0. The van der Waals surface area contributed by atoms with Crippen LogP contribution < -0.4 is 10.6 Å². The smallest absolute Gasteiger partial charge is 0.227 e. The SMILES string of the molecule is O=[N+]([O-])CC(Nc1ccc(NC(C[N+](=O)[O-])c2ccccc2)cc1)c1ccccc1. The molecule has 3 aromatic rings. The second kappa shape index (κ2) is 10.0. The first-order chi connectivity index (χ1) is 14.5. The van der Waals surface area contributed by atoms with Crippen molar-refractivity contribution in [2.24, 2.45) is 0 Å². The molecule has 2 unspecified atom stereocenters. The number of benzene rings is 3. The molecule has 2 atom stereocenters. The van der Waals surface area contributed by atoms with Gasteiger partial charge in [0, 0.05) is 21.2 Å². The molecule has 0 aliphatic carbocycles. The van der Waals surface area contributed by atoms with Crippen LogP contribution in [0.5, 0.6) is 0 Å². The Bertz CT molecular complexity index is 885. The lowest BCUT2D eigenvalue weighted by atomic mass is 10.1. The molecule has 0 spiro atoms. The average Bonchev–Trinajstić information content (AvgIpc) is 2.75. The molecule has 0 aromatic heterocycles. The number of rotatable bonds is 10. The van der Waals surface area contributed by atoms with Crippen molar-refractivity contribution in [3.05, 3.63) is 116 Å². The van der Waals surface area contributed by atoms with Gasteiger partial charge in [0.1, 0.15) is 12.1 Å². The van der Waals surface area contributed by atoms with E-state index >= 15 is 0 Å². The molecule has 0 aliphatic rings. The van der Waals surface area contributed by atoms with Crippen molar-refractivity contribution in [3.63, 3.8) is 0 Å². The van der Waals surface area contributed by atoms with Gasteiger partial charge in [-0.05, 0) is 35.4 Å². The zero-order valence-corrected chi connectivity index (χ0v) is 16.2. The summed E-state index contributed by atoms with van der Waals surface area (Å²) in [6.45, 7) is -0.494. The van der Waals surface area contributed by atoms with Gasteiger partial charge in [-0.2, -0.15) is 0 Å². The molecule has 8 nitrogen and oxygen atoms in total. The molecule has 2 N–H and O–H groups in total. The molecule has 0 heterocycles. The molecule has 0 amide bonds. The lowest BCUT2D eigenvalue weighted by Crippen LogP contribution is -2.21. The fraction of sp³-hybridized carbons (Fsp3) is 0.182. The van der Waals surface area contributed by atoms with Crippen LogP contribution >= 0.6 is 0 Å². The van der Waals surface area contributed by atoms with Crippen LogP contribution in [0.15, 0.2) is 84.9 Å². The van der Waals surface area contributed by atoms with E-state index in [2.05, 4.69) is 10.6 Å². The van der Waals surface area contributed by atoms with Crippen molar-refractivity contribution in [1.29, 1.82) is 0 Å². The lowest BCUT2D eigenvalue weighted by molar-refractivity contribution is -0.482. The van der Waals surface area contributed by atoms with E-state index in [1.807, 2.05) is 60.7 Å². The fourth-order valence-electron chi connectivity index (χ4n) is 3.20. The number of nitro groups is 2. The van der Waals surface area contributed by atoms with Crippen molar-refractivity contribution in [2.45, 2.75) is 12.1 Å². The van der Waals surface area contributed by atoms with Gasteiger partial charge >= 0.3 is 0 Å². The third kappa shape index (κ3) is 6.03. The number of hydrogen-bond acceptors (Lipinski definition) is 6. The molecule has 3 aromatic carbocycles. The molecule has 8 heteroatoms. The molecular weight excluding hydrogens is 384 g/mol. The largest absolute Gasteiger partial charge is 0.372 e. The summed E-state index contributed by atoms with van der Waals surface area (Å²) in [6, 6.07) is 24.7. The molecule has 3 rings (SSSR count). The van der Waals surface area contributed by atoms with Gasteiger partial charge < -0.3 is 10.6 Å². The molecule has 0 radical (unpaired) electrons. The highest BCUT2D eigenvalue weighted by Gasteiger charge is 2.19. The first kappa shape index (κ1) is 20.8. The minimum absolute atomic E-state index is 0.247.